The van der Waals surface area contributed by atoms with Crippen LogP contribution >= 0.6 is 11.3 Å². The number of aliphatic hydroxyl groups excluding tert-OH is 1. The lowest BCUT2D eigenvalue weighted by Crippen LogP contribution is -2.24. The molecular formula is C12H19NO4S2. The van der Waals surface area contributed by atoms with Crippen molar-refractivity contribution in [3.05, 3.63) is 17.0 Å². The first kappa shape index (κ1) is 14.9. The van der Waals surface area contributed by atoms with E-state index in [0.717, 1.165) is 23.9 Å². The molecule has 7 heteroatoms. The minimum Gasteiger partial charge on any atom is -0.391 e. The fourth-order valence-electron chi connectivity index (χ4n) is 1.57. The summed E-state index contributed by atoms with van der Waals surface area (Å²) in [5.74, 6) is 0.736. The van der Waals surface area contributed by atoms with Gasteiger partial charge in [-0.25, -0.2) is 13.1 Å². The Morgan fingerprint density at radius 3 is 2.84 bits per heavy atom. The lowest BCUT2D eigenvalue weighted by molar-refractivity contribution is 0.123. The number of aliphatic hydroxyl groups is 1. The largest absolute Gasteiger partial charge is 0.391 e. The van der Waals surface area contributed by atoms with Crippen LogP contribution in [0.2, 0.25) is 0 Å². The smallest absolute Gasteiger partial charge is 0.250 e. The first-order chi connectivity index (χ1) is 9.12. The molecule has 1 heterocycles. The van der Waals surface area contributed by atoms with Crippen molar-refractivity contribution in [2.75, 3.05) is 19.8 Å². The zero-order valence-corrected chi connectivity index (χ0v) is 12.3. The van der Waals surface area contributed by atoms with Crippen molar-refractivity contribution in [2.45, 2.75) is 30.1 Å². The second kappa shape index (κ2) is 6.81. The Bertz CT molecular complexity index is 494. The zero-order chi connectivity index (χ0) is 13.7. The Balaban J connectivity index is 1.67. The maximum atomic E-state index is 11.9. The summed E-state index contributed by atoms with van der Waals surface area (Å²) in [7, 11) is -3.44. The van der Waals surface area contributed by atoms with Crippen LogP contribution in [0.5, 0.6) is 0 Å². The van der Waals surface area contributed by atoms with Crippen molar-refractivity contribution in [2.24, 2.45) is 5.92 Å². The molecular weight excluding hydrogens is 286 g/mol. The average Bonchev–Trinajstić information content (AvgIpc) is 3.07. The summed E-state index contributed by atoms with van der Waals surface area (Å²) < 4.78 is 32.0. The maximum absolute atomic E-state index is 11.9. The molecule has 1 aliphatic carbocycles. The van der Waals surface area contributed by atoms with Gasteiger partial charge in [0, 0.05) is 24.6 Å². The number of rotatable bonds is 9. The van der Waals surface area contributed by atoms with Gasteiger partial charge in [-0.15, -0.1) is 11.3 Å². The first-order valence-corrected chi connectivity index (χ1v) is 8.69. The second-order valence-electron chi connectivity index (χ2n) is 4.65. The molecule has 2 rings (SSSR count). The van der Waals surface area contributed by atoms with Crippen molar-refractivity contribution >= 4 is 21.4 Å². The summed E-state index contributed by atoms with van der Waals surface area (Å²) in [6.07, 6.45) is 3.20. The minimum absolute atomic E-state index is 0.130. The van der Waals surface area contributed by atoms with Crippen LogP contribution in [0.25, 0.3) is 0 Å². The van der Waals surface area contributed by atoms with Crippen molar-refractivity contribution < 1.29 is 18.3 Å². The van der Waals surface area contributed by atoms with Crippen molar-refractivity contribution in [3.63, 3.8) is 0 Å². The van der Waals surface area contributed by atoms with Crippen molar-refractivity contribution in [1.29, 1.82) is 0 Å². The Morgan fingerprint density at radius 1 is 1.42 bits per heavy atom. The van der Waals surface area contributed by atoms with Crippen LogP contribution in [0.3, 0.4) is 0 Å². The van der Waals surface area contributed by atoms with E-state index in [1.54, 1.807) is 6.07 Å². The van der Waals surface area contributed by atoms with E-state index in [9.17, 15) is 8.42 Å². The molecule has 1 aromatic heterocycles. The molecule has 1 saturated carbocycles. The third kappa shape index (κ3) is 4.85. The summed E-state index contributed by atoms with van der Waals surface area (Å²) in [5.41, 5.74) is 0. The highest BCUT2D eigenvalue weighted by atomic mass is 32.2. The lowest BCUT2D eigenvalue weighted by atomic mass is 10.4. The van der Waals surface area contributed by atoms with Gasteiger partial charge >= 0.3 is 0 Å². The van der Waals surface area contributed by atoms with Crippen LogP contribution in [0.1, 0.15) is 24.1 Å². The van der Waals surface area contributed by atoms with Gasteiger partial charge in [-0.3, -0.25) is 0 Å². The van der Waals surface area contributed by atoms with E-state index in [1.807, 2.05) is 0 Å². The quantitative estimate of drug-likeness (QED) is 0.675. The Morgan fingerprint density at radius 2 is 2.21 bits per heavy atom. The van der Waals surface area contributed by atoms with Gasteiger partial charge in [-0.1, -0.05) is 0 Å². The van der Waals surface area contributed by atoms with Gasteiger partial charge in [0.05, 0.1) is 6.61 Å². The van der Waals surface area contributed by atoms with Crippen LogP contribution in [0, 0.1) is 5.92 Å². The molecule has 1 aliphatic rings. The lowest BCUT2D eigenvalue weighted by Gasteiger charge is -2.05. The monoisotopic (exact) mass is 305 g/mol. The molecule has 1 fully saturated rings. The summed E-state index contributed by atoms with van der Waals surface area (Å²) in [5, 5.41) is 8.92. The van der Waals surface area contributed by atoms with Crippen LogP contribution in [0.15, 0.2) is 16.3 Å². The molecule has 0 bridgehead atoms. The van der Waals surface area contributed by atoms with Gasteiger partial charge in [0.1, 0.15) is 4.21 Å². The minimum atomic E-state index is -3.44. The van der Waals surface area contributed by atoms with Gasteiger partial charge in [0.2, 0.25) is 10.0 Å². The fourth-order valence-corrected chi connectivity index (χ4v) is 3.91. The number of hydrogen-bond donors (Lipinski definition) is 2. The maximum Gasteiger partial charge on any atom is 0.250 e. The van der Waals surface area contributed by atoms with Crippen LogP contribution in [0.4, 0.5) is 0 Å². The third-order valence-electron chi connectivity index (χ3n) is 2.87. The van der Waals surface area contributed by atoms with E-state index < -0.39 is 10.0 Å². The van der Waals surface area contributed by atoms with E-state index in [1.165, 1.54) is 18.9 Å². The molecule has 1 aromatic rings. The van der Waals surface area contributed by atoms with Gasteiger partial charge in [-0.05, 0) is 37.3 Å². The van der Waals surface area contributed by atoms with E-state index in [4.69, 9.17) is 9.84 Å². The SMILES string of the molecule is O=S(=O)(NCCCOCC1CC1)c1ccc(CO)s1. The first-order valence-electron chi connectivity index (χ1n) is 6.39. The van der Waals surface area contributed by atoms with Gasteiger partial charge < -0.3 is 9.84 Å². The van der Waals surface area contributed by atoms with Crippen molar-refractivity contribution in [3.8, 4) is 0 Å². The predicted octanol–water partition coefficient (Wildman–Crippen LogP) is 1.34. The number of ether oxygens (including phenoxy) is 1. The molecule has 0 aromatic carbocycles. The number of thiophene rings is 1. The Kier molecular flexibility index (Phi) is 5.35. The average molecular weight is 305 g/mol. The molecule has 0 saturated heterocycles. The Hall–Kier alpha value is -0.470. The molecule has 108 valence electrons. The van der Waals surface area contributed by atoms with Crippen LogP contribution in [-0.4, -0.2) is 33.3 Å². The molecule has 0 amide bonds. The molecule has 2 N–H and O–H groups in total. The molecule has 0 atom stereocenters. The van der Waals surface area contributed by atoms with Gasteiger partial charge in [0.15, 0.2) is 0 Å². The number of hydrogen-bond acceptors (Lipinski definition) is 5. The van der Waals surface area contributed by atoms with Crippen LogP contribution in [-0.2, 0) is 21.4 Å². The third-order valence-corrected chi connectivity index (χ3v) is 5.89. The fraction of sp³-hybridized carbons (Fsp3) is 0.667. The van der Waals surface area contributed by atoms with E-state index >= 15 is 0 Å². The van der Waals surface area contributed by atoms with Crippen LogP contribution < -0.4 is 4.72 Å². The topological polar surface area (TPSA) is 75.6 Å². The van der Waals surface area contributed by atoms with E-state index in [2.05, 4.69) is 4.72 Å². The van der Waals surface area contributed by atoms with E-state index in [0.29, 0.717) is 24.4 Å². The zero-order valence-electron chi connectivity index (χ0n) is 10.7. The highest BCUT2D eigenvalue weighted by Crippen LogP contribution is 2.28. The molecule has 0 radical (unpaired) electrons. The molecule has 5 nitrogen and oxygen atoms in total. The molecule has 19 heavy (non-hydrogen) atoms. The van der Waals surface area contributed by atoms with Crippen molar-refractivity contribution in [1.82, 2.24) is 4.72 Å². The van der Waals surface area contributed by atoms with E-state index in [-0.39, 0.29) is 10.8 Å². The summed E-state index contributed by atoms with van der Waals surface area (Å²) >= 11 is 1.09. The summed E-state index contributed by atoms with van der Waals surface area (Å²) in [6, 6.07) is 3.14. The standard InChI is InChI=1S/C12H19NO4S2/c14-8-11-4-5-12(18-11)19(15,16)13-6-1-7-17-9-10-2-3-10/h4-5,10,13-14H,1-3,6-9H2. The second-order valence-corrected chi connectivity index (χ2v) is 7.81. The summed E-state index contributed by atoms with van der Waals surface area (Å²) in [4.78, 5) is 0.646. The predicted molar refractivity (Wildman–Crippen MR) is 73.6 cm³/mol. The Labute approximate surface area is 117 Å². The normalized spacial score (nSPS) is 15.8. The molecule has 0 aliphatic heterocycles. The number of nitrogens with one attached hydrogen (secondary N) is 1. The highest BCUT2D eigenvalue weighted by Gasteiger charge is 2.21. The van der Waals surface area contributed by atoms with Gasteiger partial charge in [0.25, 0.3) is 0 Å². The molecule has 0 unspecified atom stereocenters. The highest BCUT2D eigenvalue weighted by molar-refractivity contribution is 7.91. The molecule has 0 spiro atoms. The van der Waals surface area contributed by atoms with Gasteiger partial charge in [-0.2, -0.15) is 0 Å². The number of sulfonamides is 1. The summed E-state index contributed by atoms with van der Waals surface area (Å²) in [6.45, 7) is 1.64.